The van der Waals surface area contributed by atoms with Gasteiger partial charge in [0.15, 0.2) is 0 Å². The number of unbranched alkanes of at least 4 members (excludes halogenated alkanes) is 2. The Morgan fingerprint density at radius 1 is 1.16 bits per heavy atom. The van der Waals surface area contributed by atoms with E-state index in [1.54, 1.807) is 12.3 Å². The van der Waals surface area contributed by atoms with Gasteiger partial charge in [-0.05, 0) is 18.9 Å². The Balaban J connectivity index is 2.45. The summed E-state index contributed by atoms with van der Waals surface area (Å²) in [6, 6.07) is 2.94. The molecule has 19 heavy (non-hydrogen) atoms. The molecule has 108 valence electrons. The van der Waals surface area contributed by atoms with Crippen molar-refractivity contribution >= 4 is 15.5 Å². The standard InChI is InChI=1S/C13H22N2O3S/c1-2-3-4-9-19(17,18)10-5-8-15-11-12(14)6-7-13(15)16/h6-7,11H,2-5,8-10,14H2,1H3. The fourth-order valence-corrected chi connectivity index (χ4v) is 3.27. The molecule has 0 saturated carbocycles. The number of aryl methyl sites for hydroxylation is 1. The molecule has 1 aromatic rings. The summed E-state index contributed by atoms with van der Waals surface area (Å²) in [6.07, 6.45) is 4.66. The van der Waals surface area contributed by atoms with Crippen LogP contribution in [0.3, 0.4) is 0 Å². The molecular formula is C13H22N2O3S. The quantitative estimate of drug-likeness (QED) is 0.733. The van der Waals surface area contributed by atoms with Gasteiger partial charge in [-0.3, -0.25) is 4.79 Å². The number of hydrogen-bond acceptors (Lipinski definition) is 4. The molecule has 0 amide bonds. The third-order valence-electron chi connectivity index (χ3n) is 2.92. The van der Waals surface area contributed by atoms with Crippen molar-refractivity contribution in [2.75, 3.05) is 17.2 Å². The second kappa shape index (κ2) is 7.33. The van der Waals surface area contributed by atoms with E-state index in [9.17, 15) is 13.2 Å². The molecule has 0 saturated heterocycles. The van der Waals surface area contributed by atoms with Gasteiger partial charge in [0.1, 0.15) is 9.84 Å². The van der Waals surface area contributed by atoms with Crippen molar-refractivity contribution < 1.29 is 8.42 Å². The minimum atomic E-state index is -2.99. The lowest BCUT2D eigenvalue weighted by atomic mass is 10.3. The molecule has 1 rings (SSSR count). The van der Waals surface area contributed by atoms with Crippen molar-refractivity contribution in [2.24, 2.45) is 0 Å². The Labute approximate surface area is 114 Å². The maximum Gasteiger partial charge on any atom is 0.250 e. The first-order valence-corrected chi connectivity index (χ1v) is 8.43. The highest BCUT2D eigenvalue weighted by Crippen LogP contribution is 2.03. The molecule has 1 aromatic heterocycles. The minimum Gasteiger partial charge on any atom is -0.398 e. The summed E-state index contributed by atoms with van der Waals surface area (Å²) in [7, 11) is -2.99. The van der Waals surface area contributed by atoms with E-state index in [1.165, 1.54) is 10.6 Å². The average Bonchev–Trinajstić information content (AvgIpc) is 2.33. The van der Waals surface area contributed by atoms with Crippen molar-refractivity contribution in [1.82, 2.24) is 4.57 Å². The molecular weight excluding hydrogens is 264 g/mol. The Bertz CT molecular complexity index is 549. The highest BCUT2D eigenvalue weighted by atomic mass is 32.2. The van der Waals surface area contributed by atoms with Crippen LogP contribution in [0.4, 0.5) is 5.69 Å². The third kappa shape index (κ3) is 5.92. The predicted octanol–water partition coefficient (Wildman–Crippen LogP) is 1.43. The molecule has 0 fully saturated rings. The summed E-state index contributed by atoms with van der Waals surface area (Å²) in [5.74, 6) is 0.366. The molecule has 0 aliphatic rings. The van der Waals surface area contributed by atoms with Crippen LogP contribution in [0.25, 0.3) is 0 Å². The summed E-state index contributed by atoms with van der Waals surface area (Å²) in [5, 5.41) is 0. The summed E-state index contributed by atoms with van der Waals surface area (Å²) in [4.78, 5) is 11.5. The smallest absolute Gasteiger partial charge is 0.250 e. The Kier molecular flexibility index (Phi) is 6.08. The topological polar surface area (TPSA) is 82.2 Å². The van der Waals surface area contributed by atoms with Crippen LogP contribution in [0.15, 0.2) is 23.1 Å². The van der Waals surface area contributed by atoms with Crippen LogP contribution in [0.2, 0.25) is 0 Å². The van der Waals surface area contributed by atoms with Crippen LogP contribution in [0.1, 0.15) is 32.6 Å². The van der Waals surface area contributed by atoms with Gasteiger partial charge in [-0.1, -0.05) is 19.8 Å². The first-order chi connectivity index (χ1) is 8.94. The van der Waals surface area contributed by atoms with Crippen LogP contribution in [-0.4, -0.2) is 24.5 Å². The number of aromatic nitrogens is 1. The molecule has 0 radical (unpaired) electrons. The first-order valence-electron chi connectivity index (χ1n) is 6.61. The number of sulfone groups is 1. The van der Waals surface area contributed by atoms with Crippen LogP contribution >= 0.6 is 0 Å². The Morgan fingerprint density at radius 2 is 1.84 bits per heavy atom. The van der Waals surface area contributed by atoms with Crippen molar-refractivity contribution in [3.05, 3.63) is 28.7 Å². The zero-order valence-corrected chi connectivity index (χ0v) is 12.2. The van der Waals surface area contributed by atoms with E-state index in [-0.39, 0.29) is 17.1 Å². The largest absolute Gasteiger partial charge is 0.398 e. The lowest BCUT2D eigenvalue weighted by Crippen LogP contribution is -2.21. The van der Waals surface area contributed by atoms with Crippen LogP contribution in [0, 0.1) is 0 Å². The zero-order chi connectivity index (χ0) is 14.3. The SMILES string of the molecule is CCCCCS(=O)(=O)CCCn1cc(N)ccc1=O. The van der Waals surface area contributed by atoms with Crippen molar-refractivity contribution in [2.45, 2.75) is 39.2 Å². The lowest BCUT2D eigenvalue weighted by Gasteiger charge is -2.07. The maximum absolute atomic E-state index is 11.7. The molecule has 0 bridgehead atoms. The average molecular weight is 286 g/mol. The van der Waals surface area contributed by atoms with Gasteiger partial charge >= 0.3 is 0 Å². The number of anilines is 1. The number of hydrogen-bond donors (Lipinski definition) is 1. The number of rotatable bonds is 8. The number of nitrogen functional groups attached to an aromatic ring is 1. The molecule has 0 aliphatic heterocycles. The molecule has 1 heterocycles. The zero-order valence-electron chi connectivity index (χ0n) is 11.3. The van der Waals surface area contributed by atoms with Gasteiger partial charge in [0.2, 0.25) is 0 Å². The van der Waals surface area contributed by atoms with Crippen LogP contribution < -0.4 is 11.3 Å². The van der Waals surface area contributed by atoms with E-state index in [2.05, 4.69) is 0 Å². The van der Waals surface area contributed by atoms with Gasteiger partial charge < -0.3 is 10.3 Å². The van der Waals surface area contributed by atoms with Crippen molar-refractivity contribution in [1.29, 1.82) is 0 Å². The van der Waals surface area contributed by atoms with Gasteiger partial charge in [-0.25, -0.2) is 8.42 Å². The minimum absolute atomic E-state index is 0.123. The first kappa shape index (κ1) is 15.8. The molecule has 0 aromatic carbocycles. The monoisotopic (exact) mass is 286 g/mol. The molecule has 2 N–H and O–H groups in total. The number of nitrogens with two attached hydrogens (primary N) is 1. The Morgan fingerprint density at radius 3 is 2.53 bits per heavy atom. The number of pyridine rings is 1. The van der Waals surface area contributed by atoms with E-state index in [0.717, 1.165) is 19.3 Å². The highest BCUT2D eigenvalue weighted by molar-refractivity contribution is 7.91. The Hall–Kier alpha value is -1.30. The summed E-state index contributed by atoms with van der Waals surface area (Å²) in [6.45, 7) is 2.43. The van der Waals surface area contributed by atoms with Gasteiger partial charge in [0, 0.05) is 24.5 Å². The van der Waals surface area contributed by atoms with E-state index in [1.807, 2.05) is 6.92 Å². The normalized spacial score (nSPS) is 11.6. The molecule has 0 spiro atoms. The summed E-state index contributed by atoms with van der Waals surface area (Å²) < 4.78 is 24.9. The molecule has 0 aliphatic carbocycles. The van der Waals surface area contributed by atoms with Crippen LogP contribution in [0.5, 0.6) is 0 Å². The molecule has 0 unspecified atom stereocenters. The summed E-state index contributed by atoms with van der Waals surface area (Å²) in [5.41, 5.74) is 5.94. The predicted molar refractivity (Wildman–Crippen MR) is 77.9 cm³/mol. The van der Waals surface area contributed by atoms with Gasteiger partial charge in [0.05, 0.1) is 11.5 Å². The van der Waals surface area contributed by atoms with Gasteiger partial charge in [-0.2, -0.15) is 0 Å². The fourth-order valence-electron chi connectivity index (χ4n) is 1.85. The fraction of sp³-hybridized carbons (Fsp3) is 0.615. The third-order valence-corrected chi connectivity index (χ3v) is 4.74. The van der Waals surface area contributed by atoms with Gasteiger partial charge in [-0.15, -0.1) is 0 Å². The van der Waals surface area contributed by atoms with E-state index >= 15 is 0 Å². The highest BCUT2D eigenvalue weighted by Gasteiger charge is 2.10. The number of nitrogens with zero attached hydrogens (tertiary/aromatic N) is 1. The van der Waals surface area contributed by atoms with E-state index in [0.29, 0.717) is 18.7 Å². The lowest BCUT2D eigenvalue weighted by molar-refractivity contribution is 0.580. The van der Waals surface area contributed by atoms with Crippen LogP contribution in [-0.2, 0) is 16.4 Å². The molecule has 0 atom stereocenters. The van der Waals surface area contributed by atoms with Gasteiger partial charge in [0.25, 0.3) is 5.56 Å². The molecule has 5 nitrogen and oxygen atoms in total. The second-order valence-corrected chi connectivity index (χ2v) is 7.01. The molecule has 6 heteroatoms. The second-order valence-electron chi connectivity index (χ2n) is 4.71. The van der Waals surface area contributed by atoms with E-state index in [4.69, 9.17) is 5.73 Å². The van der Waals surface area contributed by atoms with Crippen molar-refractivity contribution in [3.8, 4) is 0 Å². The summed E-state index contributed by atoms with van der Waals surface area (Å²) >= 11 is 0. The van der Waals surface area contributed by atoms with Crippen molar-refractivity contribution in [3.63, 3.8) is 0 Å². The van der Waals surface area contributed by atoms with E-state index < -0.39 is 9.84 Å². The maximum atomic E-state index is 11.7.